The Morgan fingerprint density at radius 2 is 2.17 bits per heavy atom. The third kappa shape index (κ3) is 4.18. The van der Waals surface area contributed by atoms with Gasteiger partial charge in [-0.05, 0) is 26.2 Å². The van der Waals surface area contributed by atoms with E-state index in [0.717, 1.165) is 19.3 Å². The SMILES string of the molecule is COC(C)CCC(=O)N1CCC(C(N)=NO)CC1. The highest BCUT2D eigenvalue weighted by Gasteiger charge is 2.25. The van der Waals surface area contributed by atoms with Crippen LogP contribution in [-0.4, -0.2) is 48.2 Å². The fourth-order valence-electron chi connectivity index (χ4n) is 2.11. The quantitative estimate of drug-likeness (QED) is 0.330. The van der Waals surface area contributed by atoms with Crippen molar-refractivity contribution in [1.29, 1.82) is 0 Å². The zero-order chi connectivity index (χ0) is 13.5. The first kappa shape index (κ1) is 14.8. The van der Waals surface area contributed by atoms with E-state index in [1.54, 1.807) is 7.11 Å². The third-order valence-electron chi connectivity index (χ3n) is 3.55. The molecule has 1 heterocycles. The fraction of sp³-hybridized carbons (Fsp3) is 0.833. The fourth-order valence-corrected chi connectivity index (χ4v) is 2.11. The monoisotopic (exact) mass is 257 g/mol. The Kier molecular flexibility index (Phi) is 5.91. The molecule has 0 aliphatic carbocycles. The average Bonchev–Trinajstić information content (AvgIpc) is 2.43. The minimum atomic E-state index is 0.0944. The number of amidine groups is 1. The molecule has 6 nitrogen and oxygen atoms in total. The molecule has 104 valence electrons. The summed E-state index contributed by atoms with van der Waals surface area (Å²) in [7, 11) is 1.65. The van der Waals surface area contributed by atoms with E-state index >= 15 is 0 Å². The van der Waals surface area contributed by atoms with Gasteiger partial charge in [0.25, 0.3) is 0 Å². The minimum Gasteiger partial charge on any atom is -0.409 e. The van der Waals surface area contributed by atoms with Gasteiger partial charge in [0.1, 0.15) is 5.84 Å². The molecule has 6 heteroatoms. The summed E-state index contributed by atoms with van der Waals surface area (Å²) in [5.74, 6) is 0.531. The highest BCUT2D eigenvalue weighted by atomic mass is 16.5. The van der Waals surface area contributed by atoms with Crippen molar-refractivity contribution in [2.75, 3.05) is 20.2 Å². The summed E-state index contributed by atoms with van der Waals surface area (Å²) in [6.07, 6.45) is 2.91. The highest BCUT2D eigenvalue weighted by Crippen LogP contribution is 2.18. The van der Waals surface area contributed by atoms with Crippen molar-refractivity contribution in [3.63, 3.8) is 0 Å². The number of likely N-dealkylation sites (tertiary alicyclic amines) is 1. The molecule has 1 atom stereocenters. The number of carbonyl (C=O) groups is 1. The highest BCUT2D eigenvalue weighted by molar-refractivity contribution is 5.83. The maximum Gasteiger partial charge on any atom is 0.222 e. The lowest BCUT2D eigenvalue weighted by Crippen LogP contribution is -2.41. The maximum absolute atomic E-state index is 11.9. The van der Waals surface area contributed by atoms with Crippen LogP contribution in [-0.2, 0) is 9.53 Å². The van der Waals surface area contributed by atoms with Crippen LogP contribution in [0.4, 0.5) is 0 Å². The van der Waals surface area contributed by atoms with Crippen molar-refractivity contribution >= 4 is 11.7 Å². The summed E-state index contributed by atoms with van der Waals surface area (Å²) < 4.78 is 5.12. The number of nitrogens with two attached hydrogens (primary N) is 1. The van der Waals surface area contributed by atoms with E-state index in [0.29, 0.717) is 19.5 Å². The second kappa shape index (κ2) is 7.20. The van der Waals surface area contributed by atoms with Crippen LogP contribution >= 0.6 is 0 Å². The summed E-state index contributed by atoms with van der Waals surface area (Å²) in [5, 5.41) is 11.6. The Balaban J connectivity index is 2.32. The van der Waals surface area contributed by atoms with Crippen LogP contribution in [0, 0.1) is 5.92 Å². The Bertz CT molecular complexity index is 299. The number of oxime groups is 1. The number of amides is 1. The molecule has 0 bridgehead atoms. The van der Waals surface area contributed by atoms with Crippen LogP contribution in [0.25, 0.3) is 0 Å². The molecule has 1 rings (SSSR count). The first-order valence-corrected chi connectivity index (χ1v) is 6.36. The molecular weight excluding hydrogens is 234 g/mol. The first-order valence-electron chi connectivity index (χ1n) is 6.36. The van der Waals surface area contributed by atoms with Gasteiger partial charge in [-0.1, -0.05) is 5.16 Å². The van der Waals surface area contributed by atoms with Crippen LogP contribution < -0.4 is 5.73 Å². The number of nitrogens with zero attached hydrogens (tertiary/aromatic N) is 2. The first-order chi connectivity index (χ1) is 8.58. The molecule has 0 aromatic heterocycles. The standard InChI is InChI=1S/C12H23N3O3/c1-9(18-2)3-4-11(16)15-7-5-10(6-8-15)12(13)14-17/h9-10,17H,3-8H2,1-2H3,(H2,13,14). The van der Waals surface area contributed by atoms with E-state index in [1.807, 2.05) is 11.8 Å². The van der Waals surface area contributed by atoms with Gasteiger partial charge in [0, 0.05) is 32.5 Å². The Hall–Kier alpha value is -1.30. The second-order valence-corrected chi connectivity index (χ2v) is 4.76. The van der Waals surface area contributed by atoms with Crippen molar-refractivity contribution in [3.05, 3.63) is 0 Å². The molecule has 0 aromatic carbocycles. The minimum absolute atomic E-state index is 0.0944. The summed E-state index contributed by atoms with van der Waals surface area (Å²) in [6, 6.07) is 0. The lowest BCUT2D eigenvalue weighted by Gasteiger charge is -2.31. The van der Waals surface area contributed by atoms with E-state index in [2.05, 4.69) is 5.16 Å². The molecule has 1 fully saturated rings. The molecule has 0 radical (unpaired) electrons. The number of ether oxygens (including phenoxy) is 1. The van der Waals surface area contributed by atoms with Crippen molar-refractivity contribution in [2.45, 2.75) is 38.7 Å². The van der Waals surface area contributed by atoms with Gasteiger partial charge < -0.3 is 20.6 Å². The summed E-state index contributed by atoms with van der Waals surface area (Å²) in [6.45, 7) is 3.32. The van der Waals surface area contributed by atoms with Gasteiger partial charge >= 0.3 is 0 Å². The summed E-state index contributed by atoms with van der Waals surface area (Å²) in [4.78, 5) is 13.8. The van der Waals surface area contributed by atoms with E-state index in [9.17, 15) is 4.79 Å². The maximum atomic E-state index is 11.9. The Morgan fingerprint density at radius 1 is 1.56 bits per heavy atom. The average molecular weight is 257 g/mol. The normalized spacial score (nSPS) is 19.9. The molecular formula is C12H23N3O3. The van der Waals surface area contributed by atoms with E-state index in [1.165, 1.54) is 0 Å². The van der Waals surface area contributed by atoms with Gasteiger partial charge in [-0.3, -0.25) is 4.79 Å². The number of methoxy groups -OCH3 is 1. The number of hydrogen-bond donors (Lipinski definition) is 2. The number of piperidine rings is 1. The van der Waals surface area contributed by atoms with Crippen molar-refractivity contribution in [3.8, 4) is 0 Å². The third-order valence-corrected chi connectivity index (χ3v) is 3.55. The Labute approximate surface area is 108 Å². The predicted molar refractivity (Wildman–Crippen MR) is 68.4 cm³/mol. The van der Waals surface area contributed by atoms with Crippen molar-refractivity contribution < 1.29 is 14.7 Å². The molecule has 0 spiro atoms. The molecule has 0 aromatic rings. The topological polar surface area (TPSA) is 88.2 Å². The zero-order valence-corrected chi connectivity index (χ0v) is 11.1. The van der Waals surface area contributed by atoms with Gasteiger partial charge in [-0.25, -0.2) is 0 Å². The van der Waals surface area contributed by atoms with Crippen LogP contribution in [0.5, 0.6) is 0 Å². The van der Waals surface area contributed by atoms with Gasteiger partial charge in [-0.2, -0.15) is 0 Å². The molecule has 1 unspecified atom stereocenters. The lowest BCUT2D eigenvalue weighted by molar-refractivity contribution is -0.133. The van der Waals surface area contributed by atoms with Crippen LogP contribution in [0.2, 0.25) is 0 Å². The summed E-state index contributed by atoms with van der Waals surface area (Å²) in [5.41, 5.74) is 5.57. The number of carbonyl (C=O) groups excluding carboxylic acids is 1. The van der Waals surface area contributed by atoms with E-state index in [4.69, 9.17) is 15.7 Å². The molecule has 0 saturated carbocycles. The van der Waals surface area contributed by atoms with Crippen molar-refractivity contribution in [2.24, 2.45) is 16.8 Å². The molecule has 18 heavy (non-hydrogen) atoms. The Morgan fingerprint density at radius 3 is 2.67 bits per heavy atom. The number of hydrogen-bond acceptors (Lipinski definition) is 4. The predicted octanol–water partition coefficient (Wildman–Crippen LogP) is 0.786. The van der Waals surface area contributed by atoms with Gasteiger partial charge in [0.15, 0.2) is 0 Å². The molecule has 1 saturated heterocycles. The van der Waals surface area contributed by atoms with Crippen LogP contribution in [0.1, 0.15) is 32.6 Å². The second-order valence-electron chi connectivity index (χ2n) is 4.76. The molecule has 1 aliphatic rings. The molecule has 1 aliphatic heterocycles. The lowest BCUT2D eigenvalue weighted by atomic mass is 9.95. The van der Waals surface area contributed by atoms with Crippen LogP contribution in [0.15, 0.2) is 5.16 Å². The van der Waals surface area contributed by atoms with Gasteiger partial charge in [0.2, 0.25) is 5.91 Å². The molecule has 1 amide bonds. The van der Waals surface area contributed by atoms with E-state index in [-0.39, 0.29) is 23.8 Å². The van der Waals surface area contributed by atoms with Crippen LogP contribution in [0.3, 0.4) is 0 Å². The van der Waals surface area contributed by atoms with Crippen molar-refractivity contribution in [1.82, 2.24) is 4.90 Å². The number of rotatable bonds is 5. The largest absolute Gasteiger partial charge is 0.409 e. The molecule has 3 N–H and O–H groups in total. The van der Waals surface area contributed by atoms with E-state index < -0.39 is 0 Å². The zero-order valence-electron chi connectivity index (χ0n) is 11.1. The van der Waals surface area contributed by atoms with Gasteiger partial charge in [-0.15, -0.1) is 0 Å². The summed E-state index contributed by atoms with van der Waals surface area (Å²) >= 11 is 0. The van der Waals surface area contributed by atoms with Gasteiger partial charge in [0.05, 0.1) is 6.10 Å². The smallest absolute Gasteiger partial charge is 0.222 e.